The summed E-state index contributed by atoms with van der Waals surface area (Å²) in [5, 5.41) is 2.41. The summed E-state index contributed by atoms with van der Waals surface area (Å²) >= 11 is 0. The van der Waals surface area contributed by atoms with Gasteiger partial charge in [0.1, 0.15) is 5.82 Å². The molecular weight excluding hydrogens is 263 g/mol. The maximum Gasteiger partial charge on any atom is 0.254 e. The van der Waals surface area contributed by atoms with Gasteiger partial charge in [-0.05, 0) is 18.6 Å². The maximum atomic E-state index is 13.4. The van der Waals surface area contributed by atoms with Gasteiger partial charge in [0.2, 0.25) is 5.91 Å². The lowest BCUT2D eigenvalue weighted by atomic mass is 10.2. The third-order valence-electron chi connectivity index (χ3n) is 2.79. The van der Waals surface area contributed by atoms with Crippen molar-refractivity contribution in [3.8, 4) is 0 Å². The Bertz CT molecular complexity index is 465. The van der Waals surface area contributed by atoms with Gasteiger partial charge in [-0.2, -0.15) is 0 Å². The van der Waals surface area contributed by atoms with Crippen LogP contribution in [0, 0.1) is 5.82 Å². The summed E-state index contributed by atoms with van der Waals surface area (Å²) in [5.74, 6) is -1.43. The largest absolute Gasteiger partial charge is 0.385 e. The topological polar surface area (TPSA) is 58.6 Å². The van der Waals surface area contributed by atoms with Crippen LogP contribution in [0.3, 0.4) is 0 Å². The molecule has 1 aromatic carbocycles. The van der Waals surface area contributed by atoms with Crippen LogP contribution in [0.2, 0.25) is 0 Å². The Morgan fingerprint density at radius 2 is 2.05 bits per heavy atom. The molecule has 0 aromatic heterocycles. The third kappa shape index (κ3) is 4.97. The fourth-order valence-electron chi connectivity index (χ4n) is 1.60. The lowest BCUT2D eigenvalue weighted by Gasteiger charge is -2.17. The smallest absolute Gasteiger partial charge is 0.254 e. The molecule has 0 spiro atoms. The molecule has 0 atom stereocenters. The van der Waals surface area contributed by atoms with E-state index in [1.807, 2.05) is 0 Å². The van der Waals surface area contributed by atoms with E-state index in [4.69, 9.17) is 4.74 Å². The number of benzene rings is 1. The fourth-order valence-corrected chi connectivity index (χ4v) is 1.60. The molecule has 0 heterocycles. The monoisotopic (exact) mass is 282 g/mol. The second-order valence-corrected chi connectivity index (χ2v) is 4.32. The average Bonchev–Trinajstić information content (AvgIpc) is 2.45. The lowest BCUT2D eigenvalue weighted by Crippen LogP contribution is -2.39. The molecule has 0 aliphatic rings. The number of halogens is 1. The van der Waals surface area contributed by atoms with Crippen LogP contribution in [0.15, 0.2) is 24.3 Å². The summed E-state index contributed by atoms with van der Waals surface area (Å²) in [5.41, 5.74) is -0.0673. The molecule has 2 amide bonds. The zero-order valence-electron chi connectivity index (χ0n) is 11.7. The van der Waals surface area contributed by atoms with Crippen molar-refractivity contribution in [2.75, 3.05) is 33.9 Å². The summed E-state index contributed by atoms with van der Waals surface area (Å²) in [6.07, 6.45) is 0.722. The Kier molecular flexibility index (Phi) is 6.66. The summed E-state index contributed by atoms with van der Waals surface area (Å²) in [6, 6.07) is 5.64. The van der Waals surface area contributed by atoms with E-state index in [2.05, 4.69) is 5.32 Å². The van der Waals surface area contributed by atoms with E-state index >= 15 is 0 Å². The Morgan fingerprint density at radius 1 is 1.35 bits per heavy atom. The van der Waals surface area contributed by atoms with Crippen molar-refractivity contribution in [1.82, 2.24) is 10.2 Å². The van der Waals surface area contributed by atoms with Crippen LogP contribution in [-0.2, 0) is 9.53 Å². The number of rotatable bonds is 7. The highest BCUT2D eigenvalue weighted by atomic mass is 19.1. The standard InChI is InChI=1S/C14H19FN2O3/c1-17(8-5-9-20-2)13(18)10-16-14(19)11-6-3-4-7-12(11)15/h3-4,6-7H,5,8-10H2,1-2H3,(H,16,19). The second-order valence-electron chi connectivity index (χ2n) is 4.32. The molecule has 0 radical (unpaired) electrons. The highest BCUT2D eigenvalue weighted by Gasteiger charge is 2.13. The molecule has 20 heavy (non-hydrogen) atoms. The molecule has 0 aliphatic carbocycles. The number of nitrogens with one attached hydrogen (secondary N) is 1. The van der Waals surface area contributed by atoms with E-state index in [9.17, 15) is 14.0 Å². The molecule has 0 bridgehead atoms. The van der Waals surface area contributed by atoms with E-state index in [-0.39, 0.29) is 18.0 Å². The number of hydrogen-bond acceptors (Lipinski definition) is 3. The van der Waals surface area contributed by atoms with Crippen molar-refractivity contribution in [1.29, 1.82) is 0 Å². The van der Waals surface area contributed by atoms with E-state index < -0.39 is 11.7 Å². The van der Waals surface area contributed by atoms with Crippen molar-refractivity contribution in [3.05, 3.63) is 35.6 Å². The number of nitrogens with zero attached hydrogens (tertiary/aromatic N) is 1. The van der Waals surface area contributed by atoms with Crippen LogP contribution in [0.1, 0.15) is 16.8 Å². The molecule has 0 fully saturated rings. The summed E-state index contributed by atoms with van der Waals surface area (Å²) in [4.78, 5) is 24.9. The fraction of sp³-hybridized carbons (Fsp3) is 0.429. The van der Waals surface area contributed by atoms with Gasteiger partial charge in [-0.3, -0.25) is 9.59 Å². The minimum absolute atomic E-state index is 0.0673. The maximum absolute atomic E-state index is 13.4. The Hall–Kier alpha value is -1.95. The molecular formula is C14H19FN2O3. The Balaban J connectivity index is 2.41. The number of hydrogen-bond donors (Lipinski definition) is 1. The molecule has 1 rings (SSSR count). The first-order valence-electron chi connectivity index (χ1n) is 6.32. The minimum atomic E-state index is -0.606. The van der Waals surface area contributed by atoms with Crippen LogP contribution in [0.4, 0.5) is 4.39 Å². The second kappa shape index (κ2) is 8.27. The summed E-state index contributed by atoms with van der Waals surface area (Å²) in [6.45, 7) is 0.956. The molecule has 0 unspecified atom stereocenters. The number of likely N-dealkylation sites (N-methyl/N-ethyl adjacent to an activating group) is 1. The normalized spacial score (nSPS) is 10.2. The first-order valence-corrected chi connectivity index (χ1v) is 6.32. The zero-order valence-corrected chi connectivity index (χ0v) is 11.7. The molecule has 1 aromatic rings. The lowest BCUT2D eigenvalue weighted by molar-refractivity contribution is -0.128. The van der Waals surface area contributed by atoms with Crippen LogP contribution in [-0.4, -0.2) is 50.6 Å². The van der Waals surface area contributed by atoms with Gasteiger partial charge in [0.05, 0.1) is 12.1 Å². The quantitative estimate of drug-likeness (QED) is 0.761. The van der Waals surface area contributed by atoms with Gasteiger partial charge < -0.3 is 15.0 Å². The number of ether oxygens (including phenoxy) is 1. The summed E-state index contributed by atoms with van der Waals surface area (Å²) in [7, 11) is 3.24. The van der Waals surface area contributed by atoms with Crippen LogP contribution in [0.25, 0.3) is 0 Å². The van der Waals surface area contributed by atoms with E-state index in [0.717, 1.165) is 6.42 Å². The van der Waals surface area contributed by atoms with E-state index in [1.165, 1.54) is 23.1 Å². The molecule has 0 aliphatic heterocycles. The number of amides is 2. The molecule has 1 N–H and O–H groups in total. The van der Waals surface area contributed by atoms with Crippen molar-refractivity contribution in [2.24, 2.45) is 0 Å². The molecule has 0 saturated heterocycles. The van der Waals surface area contributed by atoms with Gasteiger partial charge >= 0.3 is 0 Å². The highest BCUT2D eigenvalue weighted by molar-refractivity contribution is 5.96. The van der Waals surface area contributed by atoms with Gasteiger partial charge in [-0.1, -0.05) is 12.1 Å². The number of methoxy groups -OCH3 is 1. The van der Waals surface area contributed by atoms with Crippen molar-refractivity contribution < 1.29 is 18.7 Å². The third-order valence-corrected chi connectivity index (χ3v) is 2.79. The van der Waals surface area contributed by atoms with Gasteiger partial charge in [0, 0.05) is 27.3 Å². The van der Waals surface area contributed by atoms with Crippen LogP contribution < -0.4 is 5.32 Å². The predicted octanol–water partition coefficient (Wildman–Crippen LogP) is 1.05. The number of carbonyl (C=O) groups is 2. The van der Waals surface area contributed by atoms with Crippen molar-refractivity contribution in [3.63, 3.8) is 0 Å². The average molecular weight is 282 g/mol. The molecule has 6 heteroatoms. The zero-order chi connectivity index (χ0) is 15.0. The Morgan fingerprint density at radius 3 is 2.70 bits per heavy atom. The first kappa shape index (κ1) is 16.1. The predicted molar refractivity (Wildman–Crippen MR) is 72.9 cm³/mol. The van der Waals surface area contributed by atoms with E-state index in [1.54, 1.807) is 20.2 Å². The first-order chi connectivity index (χ1) is 9.56. The van der Waals surface area contributed by atoms with E-state index in [0.29, 0.717) is 13.2 Å². The SMILES string of the molecule is COCCCN(C)C(=O)CNC(=O)c1ccccc1F. The summed E-state index contributed by atoms with van der Waals surface area (Å²) < 4.78 is 18.3. The Labute approximate surface area is 117 Å². The highest BCUT2D eigenvalue weighted by Crippen LogP contribution is 2.05. The molecule has 0 saturated carbocycles. The van der Waals surface area contributed by atoms with Gasteiger partial charge in [0.25, 0.3) is 5.91 Å². The van der Waals surface area contributed by atoms with Gasteiger partial charge in [-0.15, -0.1) is 0 Å². The van der Waals surface area contributed by atoms with Gasteiger partial charge in [-0.25, -0.2) is 4.39 Å². The minimum Gasteiger partial charge on any atom is -0.385 e. The van der Waals surface area contributed by atoms with Crippen molar-refractivity contribution >= 4 is 11.8 Å². The van der Waals surface area contributed by atoms with Crippen molar-refractivity contribution in [2.45, 2.75) is 6.42 Å². The number of carbonyl (C=O) groups excluding carboxylic acids is 2. The van der Waals surface area contributed by atoms with Gasteiger partial charge in [0.15, 0.2) is 0 Å². The van der Waals surface area contributed by atoms with Crippen LogP contribution >= 0.6 is 0 Å². The molecule has 5 nitrogen and oxygen atoms in total. The van der Waals surface area contributed by atoms with Crippen LogP contribution in [0.5, 0.6) is 0 Å². The molecule has 110 valence electrons.